The molecular weight excluding hydrogens is 406 g/mol. The first kappa shape index (κ1) is 22.5. The number of ether oxygens (including phenoxy) is 1. The fourth-order valence-corrected chi connectivity index (χ4v) is 4.29. The Labute approximate surface area is 187 Å². The summed E-state index contributed by atoms with van der Waals surface area (Å²) in [5.41, 5.74) is 1.77. The molecule has 0 spiro atoms. The van der Waals surface area contributed by atoms with E-state index in [1.165, 1.54) is 16.9 Å². The Morgan fingerprint density at radius 3 is 2.68 bits per heavy atom. The Kier molecular flexibility index (Phi) is 7.82. The summed E-state index contributed by atoms with van der Waals surface area (Å²) in [6.07, 6.45) is 7.82. The van der Waals surface area contributed by atoms with Gasteiger partial charge in [-0.05, 0) is 62.3 Å². The van der Waals surface area contributed by atoms with Crippen LogP contribution in [0.15, 0.2) is 78.9 Å². The van der Waals surface area contributed by atoms with Gasteiger partial charge in [0, 0.05) is 15.7 Å². The fraction of sp³-hybridized carbons (Fsp3) is 0.192. The Hall–Kier alpha value is -3.15. The van der Waals surface area contributed by atoms with Gasteiger partial charge in [-0.2, -0.15) is 0 Å². The minimum absolute atomic E-state index is 0.126. The Morgan fingerprint density at radius 2 is 2.00 bits per heavy atom. The normalized spacial score (nSPS) is 11.9. The van der Waals surface area contributed by atoms with Crippen LogP contribution in [-0.2, 0) is 6.42 Å². The molecule has 3 rings (SSSR count). The maximum Gasteiger partial charge on any atom is 0.206 e. The first-order chi connectivity index (χ1) is 15.1. The van der Waals surface area contributed by atoms with Crippen molar-refractivity contribution >= 4 is 27.2 Å². The number of fused-ring (bicyclic) bond motifs is 1. The predicted molar refractivity (Wildman–Crippen MR) is 130 cm³/mol. The SMILES string of the molecule is C=C/C=C\C(=C/C)C(=O)c1sc2cc(O)ccc2c1Oc1ccc(CCNCC)cc1. The monoisotopic (exact) mass is 433 g/mol. The third-order valence-corrected chi connectivity index (χ3v) is 5.94. The number of phenolic OH excluding ortho intramolecular Hbond substituents is 1. The molecule has 0 amide bonds. The molecule has 2 N–H and O–H groups in total. The molecule has 0 saturated carbocycles. The smallest absolute Gasteiger partial charge is 0.206 e. The third kappa shape index (κ3) is 5.51. The number of phenols is 1. The van der Waals surface area contributed by atoms with Crippen LogP contribution in [0.2, 0.25) is 0 Å². The molecule has 1 aromatic heterocycles. The second-order valence-corrected chi connectivity index (χ2v) is 8.01. The number of hydrogen-bond acceptors (Lipinski definition) is 5. The highest BCUT2D eigenvalue weighted by atomic mass is 32.1. The van der Waals surface area contributed by atoms with E-state index in [1.54, 1.807) is 42.5 Å². The van der Waals surface area contributed by atoms with Gasteiger partial charge in [0.05, 0.1) is 0 Å². The number of hydrogen-bond donors (Lipinski definition) is 2. The van der Waals surface area contributed by atoms with Crippen molar-refractivity contribution < 1.29 is 14.6 Å². The number of Topliss-reactive ketones (excluding diaryl/α,β-unsaturated/α-hetero) is 1. The summed E-state index contributed by atoms with van der Waals surface area (Å²) in [5, 5.41) is 14.0. The summed E-state index contributed by atoms with van der Waals surface area (Å²) in [5.74, 6) is 1.20. The Balaban J connectivity index is 1.96. The van der Waals surface area contributed by atoms with Gasteiger partial charge in [0.1, 0.15) is 16.4 Å². The van der Waals surface area contributed by atoms with Crippen molar-refractivity contribution in [3.63, 3.8) is 0 Å². The molecule has 0 saturated heterocycles. The summed E-state index contributed by atoms with van der Waals surface area (Å²) in [6.45, 7) is 9.47. The second-order valence-electron chi connectivity index (χ2n) is 6.96. The maximum absolute atomic E-state index is 13.3. The lowest BCUT2D eigenvalue weighted by atomic mass is 10.1. The van der Waals surface area contributed by atoms with Gasteiger partial charge in [-0.1, -0.05) is 49.9 Å². The summed E-state index contributed by atoms with van der Waals surface area (Å²) in [7, 11) is 0. The van der Waals surface area contributed by atoms with E-state index < -0.39 is 0 Å². The number of allylic oxidation sites excluding steroid dienone is 5. The molecule has 31 heavy (non-hydrogen) atoms. The van der Waals surface area contributed by atoms with Crippen LogP contribution in [0.3, 0.4) is 0 Å². The van der Waals surface area contributed by atoms with E-state index in [1.807, 2.05) is 31.2 Å². The molecule has 3 aromatic rings. The van der Waals surface area contributed by atoms with Crippen LogP contribution in [0, 0.1) is 0 Å². The van der Waals surface area contributed by atoms with Crippen molar-refractivity contribution in [1.29, 1.82) is 0 Å². The van der Waals surface area contributed by atoms with E-state index in [2.05, 4.69) is 18.8 Å². The summed E-state index contributed by atoms with van der Waals surface area (Å²) in [4.78, 5) is 13.8. The van der Waals surface area contributed by atoms with Gasteiger partial charge in [0.2, 0.25) is 5.78 Å². The highest BCUT2D eigenvalue weighted by Gasteiger charge is 2.22. The molecule has 0 fully saturated rings. The van der Waals surface area contributed by atoms with E-state index in [4.69, 9.17) is 4.74 Å². The minimum atomic E-state index is -0.126. The number of aromatic hydroxyl groups is 1. The molecular formula is C26H27NO3S. The zero-order valence-electron chi connectivity index (χ0n) is 17.9. The highest BCUT2D eigenvalue weighted by Crippen LogP contribution is 2.42. The van der Waals surface area contributed by atoms with Crippen molar-refractivity contribution in [3.8, 4) is 17.2 Å². The van der Waals surface area contributed by atoms with Crippen molar-refractivity contribution in [3.05, 3.63) is 89.4 Å². The fourth-order valence-electron chi connectivity index (χ4n) is 3.17. The van der Waals surface area contributed by atoms with Gasteiger partial charge in [-0.15, -0.1) is 11.3 Å². The van der Waals surface area contributed by atoms with Gasteiger partial charge in [0.15, 0.2) is 5.75 Å². The molecule has 160 valence electrons. The van der Waals surface area contributed by atoms with Crippen LogP contribution >= 0.6 is 11.3 Å². The molecule has 4 nitrogen and oxygen atoms in total. The topological polar surface area (TPSA) is 58.6 Å². The quantitative estimate of drug-likeness (QED) is 0.168. The van der Waals surface area contributed by atoms with Crippen LogP contribution in [0.25, 0.3) is 10.1 Å². The Morgan fingerprint density at radius 1 is 1.23 bits per heavy atom. The van der Waals surface area contributed by atoms with Crippen LogP contribution in [0.5, 0.6) is 17.2 Å². The molecule has 0 radical (unpaired) electrons. The molecule has 5 heteroatoms. The highest BCUT2D eigenvalue weighted by molar-refractivity contribution is 7.21. The van der Waals surface area contributed by atoms with Gasteiger partial charge in [-0.25, -0.2) is 0 Å². The standard InChI is InChI=1S/C26H27NO3S/c1-4-7-8-19(5-2)24(29)26-25(22-14-11-20(28)17-23(22)31-26)30-21-12-9-18(10-13-21)15-16-27-6-3/h4-5,7-14,17,27-28H,1,6,15-16H2,2-3H3/b8-7-,19-5+. The number of thiophene rings is 1. The summed E-state index contributed by atoms with van der Waals surface area (Å²) >= 11 is 1.32. The maximum atomic E-state index is 13.3. The number of carbonyl (C=O) groups excluding carboxylic acids is 1. The van der Waals surface area contributed by atoms with E-state index in [0.29, 0.717) is 21.9 Å². The van der Waals surface area contributed by atoms with E-state index in [-0.39, 0.29) is 11.5 Å². The molecule has 0 aliphatic rings. The zero-order valence-corrected chi connectivity index (χ0v) is 18.7. The van der Waals surface area contributed by atoms with Crippen LogP contribution in [0.1, 0.15) is 29.1 Å². The number of rotatable bonds is 10. The third-order valence-electron chi connectivity index (χ3n) is 4.80. The lowest BCUT2D eigenvalue weighted by Crippen LogP contribution is -2.15. The van der Waals surface area contributed by atoms with Crippen molar-refractivity contribution in [1.82, 2.24) is 5.32 Å². The molecule has 1 heterocycles. The van der Waals surface area contributed by atoms with Crippen molar-refractivity contribution in [2.45, 2.75) is 20.3 Å². The molecule has 0 aliphatic heterocycles. The Bertz CT molecular complexity index is 1120. The minimum Gasteiger partial charge on any atom is -0.508 e. The number of carbonyl (C=O) groups is 1. The van der Waals surface area contributed by atoms with Crippen LogP contribution < -0.4 is 10.1 Å². The van der Waals surface area contributed by atoms with Crippen molar-refractivity contribution in [2.75, 3.05) is 13.1 Å². The van der Waals surface area contributed by atoms with Crippen LogP contribution in [-0.4, -0.2) is 24.0 Å². The van der Waals surface area contributed by atoms with Gasteiger partial charge >= 0.3 is 0 Å². The number of nitrogens with one attached hydrogen (secondary N) is 1. The number of benzene rings is 2. The summed E-state index contributed by atoms with van der Waals surface area (Å²) in [6, 6.07) is 13.0. The molecule has 0 unspecified atom stereocenters. The van der Waals surface area contributed by atoms with Gasteiger partial charge < -0.3 is 15.2 Å². The molecule has 2 aromatic carbocycles. The first-order valence-electron chi connectivity index (χ1n) is 10.3. The summed E-state index contributed by atoms with van der Waals surface area (Å²) < 4.78 is 7.02. The average Bonchev–Trinajstić information content (AvgIpc) is 3.12. The van der Waals surface area contributed by atoms with E-state index in [9.17, 15) is 9.90 Å². The largest absolute Gasteiger partial charge is 0.508 e. The van der Waals surface area contributed by atoms with E-state index in [0.717, 1.165) is 29.6 Å². The van der Waals surface area contributed by atoms with Crippen molar-refractivity contribution in [2.24, 2.45) is 0 Å². The predicted octanol–water partition coefficient (Wildman–Crippen LogP) is 6.42. The molecule has 0 bridgehead atoms. The molecule has 0 aliphatic carbocycles. The average molecular weight is 434 g/mol. The first-order valence-corrected chi connectivity index (χ1v) is 11.1. The van der Waals surface area contributed by atoms with Gasteiger partial charge in [-0.3, -0.25) is 4.79 Å². The second kappa shape index (κ2) is 10.8. The number of likely N-dealkylation sites (N-methyl/N-ethyl adjacent to an activating group) is 1. The number of ketones is 1. The lowest BCUT2D eigenvalue weighted by Gasteiger charge is -2.09. The van der Waals surface area contributed by atoms with Crippen LogP contribution in [0.4, 0.5) is 0 Å². The zero-order chi connectivity index (χ0) is 22.2. The molecule has 0 atom stereocenters. The van der Waals surface area contributed by atoms with Gasteiger partial charge in [0.25, 0.3) is 0 Å². The lowest BCUT2D eigenvalue weighted by molar-refractivity contribution is 0.104. The van der Waals surface area contributed by atoms with E-state index >= 15 is 0 Å².